The molecule has 1 heterocycles. The summed E-state index contributed by atoms with van der Waals surface area (Å²) in [6.45, 7) is 2.98. The first kappa shape index (κ1) is 13.8. The average Bonchev–Trinajstić information content (AvgIpc) is 3.35. The van der Waals surface area contributed by atoms with Crippen molar-refractivity contribution in [2.24, 2.45) is 0 Å². The Morgan fingerprint density at radius 3 is 2.43 bits per heavy atom. The molecule has 0 spiro atoms. The maximum Gasteiger partial charge on any atom is 0.181 e. The number of rotatable bonds is 5. The molecule has 1 fully saturated rings. The first-order valence-electron chi connectivity index (χ1n) is 7.19. The summed E-state index contributed by atoms with van der Waals surface area (Å²) in [6, 6.07) is 17.9. The molecule has 3 rings (SSSR count). The lowest BCUT2D eigenvalue weighted by molar-refractivity contribution is 0.0969. The highest BCUT2D eigenvalue weighted by molar-refractivity contribution is 6.02. The monoisotopic (exact) mass is 281 g/mol. The van der Waals surface area contributed by atoms with E-state index in [9.17, 15) is 4.79 Å². The molecule has 0 bridgehead atoms. The van der Waals surface area contributed by atoms with Crippen LogP contribution in [-0.2, 0) is 0 Å². The van der Waals surface area contributed by atoms with Crippen molar-refractivity contribution >= 4 is 5.78 Å². The molecule has 0 radical (unpaired) electrons. The smallest absolute Gasteiger partial charge is 0.181 e. The summed E-state index contributed by atoms with van der Waals surface area (Å²) in [5, 5.41) is 0. The number of carbonyl (C=O) groups excluding carboxylic acids is 1. The van der Waals surface area contributed by atoms with E-state index < -0.39 is 0 Å². The molecule has 0 aromatic heterocycles. The van der Waals surface area contributed by atoms with Gasteiger partial charge >= 0.3 is 0 Å². The molecule has 1 aliphatic rings. The van der Waals surface area contributed by atoms with Crippen molar-refractivity contribution in [2.75, 3.05) is 13.7 Å². The molecule has 3 nitrogen and oxygen atoms in total. The standard InChI is InChI=1S/C18H19NO2/c1-13(14-6-4-3-5-7-14)19-12-17(19)18(20)15-8-10-16(21-2)11-9-15/h3-11,13,17H,12H2,1-2H3/t13-,17-,19?/m1/s1. The summed E-state index contributed by atoms with van der Waals surface area (Å²) in [7, 11) is 1.63. The molecular weight excluding hydrogens is 262 g/mol. The minimum atomic E-state index is 0.00796. The van der Waals surface area contributed by atoms with E-state index in [1.807, 2.05) is 42.5 Å². The highest BCUT2D eigenvalue weighted by Gasteiger charge is 2.43. The van der Waals surface area contributed by atoms with Gasteiger partial charge in [0.2, 0.25) is 0 Å². The topological polar surface area (TPSA) is 29.3 Å². The molecule has 1 aliphatic heterocycles. The van der Waals surface area contributed by atoms with Gasteiger partial charge in [0.25, 0.3) is 0 Å². The Hall–Kier alpha value is -2.13. The fourth-order valence-corrected chi connectivity index (χ4v) is 2.68. The first-order valence-corrected chi connectivity index (χ1v) is 7.19. The molecule has 1 unspecified atom stereocenters. The van der Waals surface area contributed by atoms with Gasteiger partial charge in [0.15, 0.2) is 5.78 Å². The Balaban J connectivity index is 1.68. The Labute approximate surface area is 125 Å². The summed E-state index contributed by atoms with van der Waals surface area (Å²) in [6.07, 6.45) is 0. The van der Waals surface area contributed by atoms with Gasteiger partial charge in [-0.2, -0.15) is 0 Å². The third kappa shape index (κ3) is 2.83. The van der Waals surface area contributed by atoms with Crippen LogP contribution in [0.5, 0.6) is 5.75 Å². The molecule has 3 atom stereocenters. The number of benzene rings is 2. The predicted molar refractivity (Wildman–Crippen MR) is 82.7 cm³/mol. The first-order chi connectivity index (χ1) is 10.2. The highest BCUT2D eigenvalue weighted by atomic mass is 16.5. The molecule has 0 aliphatic carbocycles. The molecule has 3 heteroatoms. The van der Waals surface area contributed by atoms with Crippen molar-refractivity contribution in [2.45, 2.75) is 19.0 Å². The van der Waals surface area contributed by atoms with E-state index in [-0.39, 0.29) is 17.9 Å². The summed E-state index contributed by atoms with van der Waals surface area (Å²) in [5.74, 6) is 0.970. The maximum absolute atomic E-state index is 12.5. The van der Waals surface area contributed by atoms with Crippen LogP contribution in [0, 0.1) is 0 Å². The Morgan fingerprint density at radius 1 is 1.14 bits per heavy atom. The van der Waals surface area contributed by atoms with Crippen molar-refractivity contribution in [1.29, 1.82) is 0 Å². The summed E-state index contributed by atoms with van der Waals surface area (Å²) < 4.78 is 5.12. The molecule has 21 heavy (non-hydrogen) atoms. The lowest BCUT2D eigenvalue weighted by Gasteiger charge is -2.14. The molecule has 2 aromatic rings. The Bertz CT molecular complexity index is 621. The van der Waals surface area contributed by atoms with E-state index in [0.29, 0.717) is 0 Å². The number of methoxy groups -OCH3 is 1. The van der Waals surface area contributed by atoms with Crippen LogP contribution >= 0.6 is 0 Å². The van der Waals surface area contributed by atoms with Crippen molar-refractivity contribution in [3.05, 3.63) is 65.7 Å². The summed E-state index contributed by atoms with van der Waals surface area (Å²) >= 11 is 0. The van der Waals surface area contributed by atoms with Crippen molar-refractivity contribution < 1.29 is 9.53 Å². The van der Waals surface area contributed by atoms with Crippen LogP contribution in [-0.4, -0.2) is 30.4 Å². The predicted octanol–water partition coefficient (Wildman–Crippen LogP) is 3.32. The van der Waals surface area contributed by atoms with Gasteiger partial charge in [0.05, 0.1) is 13.2 Å². The number of ketones is 1. The van der Waals surface area contributed by atoms with E-state index in [4.69, 9.17) is 4.74 Å². The van der Waals surface area contributed by atoms with E-state index in [1.165, 1.54) is 5.56 Å². The largest absolute Gasteiger partial charge is 0.497 e. The van der Waals surface area contributed by atoms with E-state index in [1.54, 1.807) is 7.11 Å². The lowest BCUT2D eigenvalue weighted by atomic mass is 10.1. The highest BCUT2D eigenvalue weighted by Crippen LogP contribution is 2.33. The van der Waals surface area contributed by atoms with E-state index in [2.05, 4.69) is 24.0 Å². The van der Waals surface area contributed by atoms with Gasteiger partial charge in [-0.15, -0.1) is 0 Å². The lowest BCUT2D eigenvalue weighted by Crippen LogP contribution is -2.16. The van der Waals surface area contributed by atoms with Crippen molar-refractivity contribution in [3.63, 3.8) is 0 Å². The second kappa shape index (κ2) is 5.70. The number of Topliss-reactive ketones (excluding diaryl/α,β-unsaturated/α-hetero) is 1. The van der Waals surface area contributed by atoms with Gasteiger partial charge in [-0.25, -0.2) is 0 Å². The van der Waals surface area contributed by atoms with Crippen LogP contribution in [0.4, 0.5) is 0 Å². The van der Waals surface area contributed by atoms with Gasteiger partial charge in [-0.05, 0) is 36.8 Å². The van der Waals surface area contributed by atoms with Gasteiger partial charge in [0.1, 0.15) is 5.75 Å². The molecule has 0 amide bonds. The number of nitrogens with zero attached hydrogens (tertiary/aromatic N) is 1. The third-order valence-electron chi connectivity index (χ3n) is 4.11. The summed E-state index contributed by atoms with van der Waals surface area (Å²) in [5.41, 5.74) is 2.01. The molecule has 1 saturated heterocycles. The molecule has 2 aromatic carbocycles. The average molecular weight is 281 g/mol. The molecule has 0 N–H and O–H groups in total. The van der Waals surface area contributed by atoms with Crippen LogP contribution in [0.1, 0.15) is 28.9 Å². The Kier molecular flexibility index (Phi) is 3.76. The van der Waals surface area contributed by atoms with Crippen LogP contribution in [0.3, 0.4) is 0 Å². The van der Waals surface area contributed by atoms with Crippen molar-refractivity contribution in [3.8, 4) is 5.75 Å². The molecular formula is C18H19NO2. The van der Waals surface area contributed by atoms with Gasteiger partial charge in [-0.3, -0.25) is 9.69 Å². The fourth-order valence-electron chi connectivity index (χ4n) is 2.68. The second-order valence-corrected chi connectivity index (χ2v) is 5.39. The molecule has 0 saturated carbocycles. The van der Waals surface area contributed by atoms with Crippen LogP contribution in [0.2, 0.25) is 0 Å². The minimum absolute atomic E-state index is 0.00796. The quantitative estimate of drug-likeness (QED) is 0.622. The van der Waals surface area contributed by atoms with E-state index >= 15 is 0 Å². The van der Waals surface area contributed by atoms with Gasteiger partial charge < -0.3 is 4.74 Å². The van der Waals surface area contributed by atoms with Crippen molar-refractivity contribution in [1.82, 2.24) is 4.90 Å². The maximum atomic E-state index is 12.5. The number of ether oxygens (including phenoxy) is 1. The Morgan fingerprint density at radius 2 is 1.81 bits per heavy atom. The SMILES string of the molecule is COc1ccc(C(=O)[C@H]2CN2[C@H](C)c2ccccc2)cc1. The number of hydrogen-bond donors (Lipinski definition) is 0. The summed E-state index contributed by atoms with van der Waals surface area (Å²) in [4.78, 5) is 14.7. The van der Waals surface area contributed by atoms with Gasteiger partial charge in [-0.1, -0.05) is 30.3 Å². The van der Waals surface area contributed by atoms with Crippen LogP contribution < -0.4 is 4.74 Å². The minimum Gasteiger partial charge on any atom is -0.497 e. The zero-order valence-corrected chi connectivity index (χ0v) is 12.3. The van der Waals surface area contributed by atoms with Crippen LogP contribution in [0.15, 0.2) is 54.6 Å². The van der Waals surface area contributed by atoms with Crippen LogP contribution in [0.25, 0.3) is 0 Å². The zero-order chi connectivity index (χ0) is 14.8. The number of carbonyl (C=O) groups is 1. The number of hydrogen-bond acceptors (Lipinski definition) is 3. The fraction of sp³-hybridized carbons (Fsp3) is 0.278. The van der Waals surface area contributed by atoms with E-state index in [0.717, 1.165) is 17.9 Å². The molecule has 108 valence electrons. The normalized spacial score (nSPS) is 21.6. The third-order valence-corrected chi connectivity index (χ3v) is 4.11. The second-order valence-electron chi connectivity index (χ2n) is 5.39. The van der Waals surface area contributed by atoms with Gasteiger partial charge in [0, 0.05) is 18.2 Å². The zero-order valence-electron chi connectivity index (χ0n) is 12.3.